The monoisotopic (exact) mass is 431 g/mol. The number of fused-ring (bicyclic) bond motifs is 3. The van der Waals surface area contributed by atoms with E-state index in [4.69, 9.17) is 4.74 Å². The molecular weight excluding hydrogens is 402 g/mol. The Balaban J connectivity index is 1.18. The minimum absolute atomic E-state index is 0.0315. The van der Waals surface area contributed by atoms with Crippen molar-refractivity contribution in [3.05, 3.63) is 59.7 Å². The van der Waals surface area contributed by atoms with Crippen molar-refractivity contribution in [3.8, 4) is 11.1 Å². The number of nitrogens with one attached hydrogen (secondary N) is 1. The van der Waals surface area contributed by atoms with E-state index in [0.29, 0.717) is 17.8 Å². The number of alkyl carbamates (subject to hydrolysis) is 1. The van der Waals surface area contributed by atoms with E-state index < -0.39 is 18.1 Å². The number of rotatable bonds is 5. The second-order valence-corrected chi connectivity index (χ2v) is 10.5. The highest BCUT2D eigenvalue weighted by molar-refractivity contribution is 5.82. The lowest BCUT2D eigenvalue weighted by atomic mass is 9.47. The highest BCUT2D eigenvalue weighted by Crippen LogP contribution is 2.61. The van der Waals surface area contributed by atoms with E-state index in [1.54, 1.807) is 0 Å². The molecule has 2 N–H and O–H groups in total. The van der Waals surface area contributed by atoms with Crippen LogP contribution < -0.4 is 5.32 Å². The molecular formula is C27H29NO4. The van der Waals surface area contributed by atoms with Crippen molar-refractivity contribution in [3.63, 3.8) is 0 Å². The van der Waals surface area contributed by atoms with Gasteiger partial charge in [0.2, 0.25) is 0 Å². The van der Waals surface area contributed by atoms with Crippen LogP contribution in [0.25, 0.3) is 11.1 Å². The molecule has 2 aromatic carbocycles. The van der Waals surface area contributed by atoms with Crippen LogP contribution >= 0.6 is 0 Å². The predicted molar refractivity (Wildman–Crippen MR) is 120 cm³/mol. The highest BCUT2D eigenvalue weighted by atomic mass is 16.5. The molecule has 5 heteroatoms. The Morgan fingerprint density at radius 1 is 0.906 bits per heavy atom. The highest BCUT2D eigenvalue weighted by Gasteiger charge is 2.56. The first-order chi connectivity index (χ1) is 15.5. The first-order valence-electron chi connectivity index (χ1n) is 11.9. The maximum Gasteiger partial charge on any atom is 0.407 e. The van der Waals surface area contributed by atoms with E-state index in [0.717, 1.165) is 30.4 Å². The quantitative estimate of drug-likeness (QED) is 0.683. The summed E-state index contributed by atoms with van der Waals surface area (Å²) in [4.78, 5) is 25.1. The van der Waals surface area contributed by atoms with Crippen LogP contribution in [0.15, 0.2) is 48.5 Å². The summed E-state index contributed by atoms with van der Waals surface area (Å²) in [5.74, 6) is 0.892. The molecule has 0 saturated heterocycles. The van der Waals surface area contributed by atoms with Crippen LogP contribution in [0.4, 0.5) is 4.79 Å². The fraction of sp³-hybridized carbons (Fsp3) is 0.481. The fourth-order valence-corrected chi connectivity index (χ4v) is 7.77. The molecule has 0 spiro atoms. The molecule has 0 aromatic heterocycles. The Morgan fingerprint density at radius 2 is 1.41 bits per heavy atom. The molecule has 32 heavy (non-hydrogen) atoms. The minimum atomic E-state index is -0.930. The first-order valence-corrected chi connectivity index (χ1v) is 11.9. The van der Waals surface area contributed by atoms with Crippen LogP contribution in [0, 0.1) is 23.2 Å². The van der Waals surface area contributed by atoms with Gasteiger partial charge in [-0.05, 0) is 78.5 Å². The molecule has 1 unspecified atom stereocenters. The molecule has 0 aliphatic heterocycles. The molecule has 4 bridgehead atoms. The van der Waals surface area contributed by atoms with Crippen molar-refractivity contribution in [2.45, 2.75) is 50.5 Å². The van der Waals surface area contributed by atoms with Crippen molar-refractivity contribution < 1.29 is 19.4 Å². The number of carboxylic acid groups (broad SMARTS) is 1. The van der Waals surface area contributed by atoms with Crippen LogP contribution in [0.5, 0.6) is 0 Å². The molecule has 5 nitrogen and oxygen atoms in total. The topological polar surface area (TPSA) is 75.6 Å². The molecule has 1 amide bonds. The van der Waals surface area contributed by atoms with Gasteiger partial charge < -0.3 is 15.2 Å². The minimum Gasteiger partial charge on any atom is -0.480 e. The maximum absolute atomic E-state index is 12.8. The maximum atomic E-state index is 12.8. The van der Waals surface area contributed by atoms with Crippen molar-refractivity contribution >= 4 is 12.1 Å². The normalized spacial score (nSPS) is 30.4. The zero-order valence-electron chi connectivity index (χ0n) is 18.1. The Morgan fingerprint density at radius 3 is 1.91 bits per heavy atom. The molecule has 5 aliphatic carbocycles. The predicted octanol–water partition coefficient (Wildman–Crippen LogP) is 5.19. The van der Waals surface area contributed by atoms with Gasteiger partial charge in [-0.2, -0.15) is 0 Å². The van der Waals surface area contributed by atoms with Crippen molar-refractivity contribution in [1.82, 2.24) is 5.32 Å². The Bertz CT molecular complexity index is 996. The van der Waals surface area contributed by atoms with Gasteiger partial charge in [0.1, 0.15) is 12.6 Å². The van der Waals surface area contributed by atoms with Crippen LogP contribution in [0.3, 0.4) is 0 Å². The molecule has 5 aliphatic rings. The van der Waals surface area contributed by atoms with Gasteiger partial charge in [-0.25, -0.2) is 9.59 Å². The second kappa shape index (κ2) is 7.36. The summed E-state index contributed by atoms with van der Waals surface area (Å²) in [6.07, 6.45) is 5.83. The number of carbonyl (C=O) groups is 2. The molecule has 2 aromatic rings. The molecule has 7 rings (SSSR count). The summed E-state index contributed by atoms with van der Waals surface area (Å²) in [6, 6.07) is 15.5. The number of ether oxygens (including phenoxy) is 1. The Labute approximate surface area is 188 Å². The number of hydrogen-bond acceptors (Lipinski definition) is 3. The Kier molecular flexibility index (Phi) is 4.56. The fourth-order valence-electron chi connectivity index (χ4n) is 7.77. The third-order valence-electron chi connectivity index (χ3n) is 8.55. The van der Waals surface area contributed by atoms with Gasteiger partial charge in [0.15, 0.2) is 0 Å². The summed E-state index contributed by atoms with van der Waals surface area (Å²) >= 11 is 0. The zero-order chi connectivity index (χ0) is 21.9. The number of carboxylic acids is 1. The van der Waals surface area contributed by atoms with E-state index in [-0.39, 0.29) is 17.9 Å². The summed E-state index contributed by atoms with van der Waals surface area (Å²) < 4.78 is 5.67. The van der Waals surface area contributed by atoms with Gasteiger partial charge >= 0.3 is 12.1 Å². The van der Waals surface area contributed by atoms with Crippen LogP contribution in [-0.4, -0.2) is 29.8 Å². The van der Waals surface area contributed by atoms with Crippen LogP contribution in [0.1, 0.15) is 55.6 Å². The van der Waals surface area contributed by atoms with E-state index in [1.165, 1.54) is 30.4 Å². The standard InChI is InChI=1S/C27H29NO4/c29-25(30)24(27-12-16-9-17(13-27)11-18(10-16)14-27)28-26(31)32-15-23-21-7-3-1-5-19(21)20-6-2-4-8-22(20)23/h1-8,16-18,23-24H,9-15H2,(H,28,31)(H,29,30). The Hall–Kier alpha value is -2.82. The van der Waals surface area contributed by atoms with E-state index in [1.807, 2.05) is 24.3 Å². The van der Waals surface area contributed by atoms with Gasteiger partial charge in [-0.3, -0.25) is 0 Å². The number of amides is 1. The van der Waals surface area contributed by atoms with Gasteiger partial charge in [0.25, 0.3) is 0 Å². The number of benzene rings is 2. The van der Waals surface area contributed by atoms with E-state index in [2.05, 4.69) is 29.6 Å². The van der Waals surface area contributed by atoms with Crippen LogP contribution in [-0.2, 0) is 9.53 Å². The lowest BCUT2D eigenvalue weighted by Gasteiger charge is -2.58. The largest absolute Gasteiger partial charge is 0.480 e. The molecule has 4 saturated carbocycles. The van der Waals surface area contributed by atoms with Crippen molar-refractivity contribution in [2.75, 3.05) is 6.61 Å². The van der Waals surface area contributed by atoms with Gasteiger partial charge in [0, 0.05) is 11.3 Å². The third kappa shape index (κ3) is 3.13. The van der Waals surface area contributed by atoms with Gasteiger partial charge in [-0.15, -0.1) is 0 Å². The SMILES string of the molecule is O=C(NC(C(=O)O)C12CC3CC(CC(C3)C1)C2)OCC1c2ccccc2-c2ccccc21. The summed E-state index contributed by atoms with van der Waals surface area (Å²) in [5.41, 5.74) is 4.34. The van der Waals surface area contributed by atoms with Gasteiger partial charge in [0.05, 0.1) is 0 Å². The van der Waals surface area contributed by atoms with Crippen molar-refractivity contribution in [1.29, 1.82) is 0 Å². The first kappa shape index (κ1) is 19.8. The average molecular weight is 432 g/mol. The van der Waals surface area contributed by atoms with Crippen molar-refractivity contribution in [2.24, 2.45) is 23.2 Å². The zero-order valence-corrected chi connectivity index (χ0v) is 18.1. The summed E-state index contributed by atoms with van der Waals surface area (Å²) in [5, 5.41) is 12.8. The smallest absolute Gasteiger partial charge is 0.407 e. The number of hydrogen-bond donors (Lipinski definition) is 2. The van der Waals surface area contributed by atoms with Gasteiger partial charge in [-0.1, -0.05) is 48.5 Å². The lowest BCUT2D eigenvalue weighted by Crippen LogP contribution is -2.59. The van der Waals surface area contributed by atoms with E-state index >= 15 is 0 Å². The second-order valence-electron chi connectivity index (χ2n) is 10.5. The molecule has 0 heterocycles. The molecule has 1 atom stereocenters. The number of aliphatic carboxylic acids is 1. The molecule has 4 fully saturated rings. The summed E-state index contributed by atoms with van der Waals surface area (Å²) in [6.45, 7) is 0.201. The average Bonchev–Trinajstić information content (AvgIpc) is 3.09. The third-order valence-corrected chi connectivity index (χ3v) is 8.55. The molecule has 0 radical (unpaired) electrons. The lowest BCUT2D eigenvalue weighted by molar-refractivity contribution is -0.151. The molecule has 166 valence electrons. The summed E-state index contributed by atoms with van der Waals surface area (Å²) in [7, 11) is 0. The van der Waals surface area contributed by atoms with E-state index in [9.17, 15) is 14.7 Å². The van der Waals surface area contributed by atoms with Crippen LogP contribution in [0.2, 0.25) is 0 Å². The number of carbonyl (C=O) groups excluding carboxylic acids is 1.